The van der Waals surface area contributed by atoms with Crippen molar-refractivity contribution in [3.05, 3.63) is 23.5 Å². The Morgan fingerprint density at radius 2 is 2.14 bits per heavy atom. The Kier molecular flexibility index (Phi) is 8.53. The predicted molar refractivity (Wildman–Crippen MR) is 105 cm³/mol. The molecular formula is C22H33NO5. The van der Waals surface area contributed by atoms with Crippen molar-refractivity contribution in [2.45, 2.75) is 83.5 Å². The zero-order valence-electron chi connectivity index (χ0n) is 16.9. The van der Waals surface area contributed by atoms with E-state index >= 15 is 0 Å². The smallest absolute Gasteiger partial charge is 0.303 e. The summed E-state index contributed by atoms with van der Waals surface area (Å²) >= 11 is 0. The molecular weight excluding hydrogens is 358 g/mol. The molecule has 0 spiro atoms. The molecule has 0 unspecified atom stereocenters. The standard InChI is InChI=1S/C22H33NO5/c1-3-4-6-14(2)18(24)10-9-16-17-11-20(28-21(17)12-19(16)25)15(13-23)7-5-8-22(26)27/h9-10,14,16-19,21,24-25H,3-8,11-12H2,1-2H3,(H,26,27)/b10-9-,20-15+/t14-,16+,17+,18+,19+,21-/m0/s1. The molecule has 3 N–H and O–H groups in total. The monoisotopic (exact) mass is 391 g/mol. The summed E-state index contributed by atoms with van der Waals surface area (Å²) in [6.07, 6.45) is 7.65. The third-order valence-electron chi connectivity index (χ3n) is 6.02. The lowest BCUT2D eigenvalue weighted by Gasteiger charge is -2.18. The Morgan fingerprint density at radius 3 is 2.79 bits per heavy atom. The Bertz CT molecular complexity index is 635. The van der Waals surface area contributed by atoms with Crippen molar-refractivity contribution in [1.29, 1.82) is 5.26 Å². The largest absolute Gasteiger partial charge is 0.493 e. The first kappa shape index (κ1) is 22.4. The quantitative estimate of drug-likeness (QED) is 0.388. The first-order valence-electron chi connectivity index (χ1n) is 10.4. The first-order valence-corrected chi connectivity index (χ1v) is 10.4. The van der Waals surface area contributed by atoms with Gasteiger partial charge in [0.05, 0.1) is 23.9 Å². The van der Waals surface area contributed by atoms with E-state index in [1.807, 2.05) is 13.0 Å². The van der Waals surface area contributed by atoms with Crippen LogP contribution in [-0.2, 0) is 9.53 Å². The van der Waals surface area contributed by atoms with Crippen LogP contribution in [0.25, 0.3) is 0 Å². The number of carboxylic acids is 1. The lowest BCUT2D eigenvalue weighted by molar-refractivity contribution is -0.137. The fraction of sp³-hybridized carbons (Fsp3) is 0.727. The van der Waals surface area contributed by atoms with E-state index in [2.05, 4.69) is 13.0 Å². The summed E-state index contributed by atoms with van der Waals surface area (Å²) in [6, 6.07) is 2.16. The van der Waals surface area contributed by atoms with Gasteiger partial charge in [-0.05, 0) is 25.2 Å². The SMILES string of the molecule is CCCC[C@H](C)[C@H](O)/C=C\[C@@H]1[C@H]2C/C(=C(\C#N)CCCC(=O)O)O[C@H]2C[C@H]1O. The molecule has 6 atom stereocenters. The van der Waals surface area contributed by atoms with Gasteiger partial charge in [-0.3, -0.25) is 4.79 Å². The number of carboxylic acid groups (broad SMARTS) is 1. The molecule has 6 heteroatoms. The third-order valence-corrected chi connectivity index (χ3v) is 6.02. The second-order valence-electron chi connectivity index (χ2n) is 8.16. The van der Waals surface area contributed by atoms with Gasteiger partial charge in [0, 0.05) is 31.1 Å². The van der Waals surface area contributed by atoms with Gasteiger partial charge in [-0.1, -0.05) is 38.8 Å². The van der Waals surface area contributed by atoms with Crippen LogP contribution in [0, 0.1) is 29.1 Å². The molecule has 6 nitrogen and oxygen atoms in total. The highest BCUT2D eigenvalue weighted by molar-refractivity contribution is 5.66. The van der Waals surface area contributed by atoms with Gasteiger partial charge in [-0.15, -0.1) is 0 Å². The maximum absolute atomic E-state index is 10.7. The van der Waals surface area contributed by atoms with Crippen molar-refractivity contribution in [1.82, 2.24) is 0 Å². The number of hydrogen-bond donors (Lipinski definition) is 3. The number of unbranched alkanes of at least 4 members (excludes halogenated alkanes) is 1. The number of nitrogens with zero attached hydrogens (tertiary/aromatic N) is 1. The minimum atomic E-state index is -0.869. The van der Waals surface area contributed by atoms with Crippen LogP contribution in [0.4, 0.5) is 0 Å². The summed E-state index contributed by atoms with van der Waals surface area (Å²) in [5.74, 6) is -0.0615. The van der Waals surface area contributed by atoms with Crippen LogP contribution in [0.1, 0.15) is 65.2 Å². The summed E-state index contributed by atoms with van der Waals surface area (Å²) in [4.78, 5) is 10.7. The molecule has 156 valence electrons. The Hall–Kier alpha value is -1.84. The molecule has 1 aliphatic heterocycles. The number of hydrogen-bond acceptors (Lipinski definition) is 5. The summed E-state index contributed by atoms with van der Waals surface area (Å²) < 4.78 is 5.96. The molecule has 0 radical (unpaired) electrons. The highest BCUT2D eigenvalue weighted by Gasteiger charge is 2.47. The fourth-order valence-corrected chi connectivity index (χ4v) is 4.22. The van der Waals surface area contributed by atoms with Crippen LogP contribution in [0.15, 0.2) is 23.5 Å². The zero-order valence-corrected chi connectivity index (χ0v) is 16.9. The third kappa shape index (κ3) is 5.83. The van der Waals surface area contributed by atoms with Gasteiger partial charge in [0.1, 0.15) is 11.9 Å². The maximum Gasteiger partial charge on any atom is 0.303 e. The van der Waals surface area contributed by atoms with Crippen LogP contribution in [0.3, 0.4) is 0 Å². The number of rotatable bonds is 10. The lowest BCUT2D eigenvalue weighted by atomic mass is 9.89. The fourth-order valence-electron chi connectivity index (χ4n) is 4.22. The molecule has 0 aromatic carbocycles. The number of carbonyl (C=O) groups is 1. The molecule has 0 aromatic rings. The van der Waals surface area contributed by atoms with Crippen molar-refractivity contribution in [2.24, 2.45) is 17.8 Å². The molecule has 2 aliphatic rings. The molecule has 1 saturated carbocycles. The Labute approximate surface area is 167 Å². The van der Waals surface area contributed by atoms with Crippen molar-refractivity contribution in [2.75, 3.05) is 0 Å². The van der Waals surface area contributed by atoms with E-state index in [9.17, 15) is 20.3 Å². The van der Waals surface area contributed by atoms with Crippen LogP contribution >= 0.6 is 0 Å². The summed E-state index contributed by atoms with van der Waals surface area (Å²) in [7, 11) is 0. The van der Waals surface area contributed by atoms with Crippen LogP contribution in [-0.4, -0.2) is 39.6 Å². The lowest BCUT2D eigenvalue weighted by Crippen LogP contribution is -2.20. The number of aliphatic hydroxyl groups excluding tert-OH is 2. The number of ether oxygens (including phenoxy) is 1. The van der Waals surface area contributed by atoms with Gasteiger partial charge in [0.25, 0.3) is 0 Å². The Morgan fingerprint density at radius 1 is 1.39 bits per heavy atom. The van der Waals surface area contributed by atoms with E-state index in [-0.39, 0.29) is 30.3 Å². The Balaban J connectivity index is 2.00. The summed E-state index contributed by atoms with van der Waals surface area (Å²) in [6.45, 7) is 4.17. The molecule has 2 rings (SSSR count). The molecule has 1 heterocycles. The number of allylic oxidation sites excluding steroid dienone is 2. The number of fused-ring (bicyclic) bond motifs is 1. The van der Waals surface area contributed by atoms with E-state index in [0.29, 0.717) is 37.0 Å². The molecule has 28 heavy (non-hydrogen) atoms. The van der Waals surface area contributed by atoms with Crippen molar-refractivity contribution >= 4 is 5.97 Å². The van der Waals surface area contributed by atoms with Crippen LogP contribution < -0.4 is 0 Å². The van der Waals surface area contributed by atoms with E-state index in [1.54, 1.807) is 6.08 Å². The van der Waals surface area contributed by atoms with Crippen molar-refractivity contribution in [3.8, 4) is 6.07 Å². The van der Waals surface area contributed by atoms with Gasteiger partial charge in [0.2, 0.25) is 0 Å². The molecule has 2 fully saturated rings. The molecule has 0 bridgehead atoms. The van der Waals surface area contributed by atoms with Gasteiger partial charge in [-0.2, -0.15) is 5.26 Å². The number of aliphatic hydroxyl groups is 2. The molecule has 0 aromatic heterocycles. The topological polar surface area (TPSA) is 111 Å². The molecule has 1 aliphatic carbocycles. The predicted octanol–water partition coefficient (Wildman–Crippen LogP) is 3.55. The first-order chi connectivity index (χ1) is 13.4. The average molecular weight is 392 g/mol. The highest BCUT2D eigenvalue weighted by Crippen LogP contribution is 2.46. The van der Waals surface area contributed by atoms with Gasteiger partial charge >= 0.3 is 5.97 Å². The van der Waals surface area contributed by atoms with E-state index in [0.717, 1.165) is 19.3 Å². The van der Waals surface area contributed by atoms with Crippen LogP contribution in [0.2, 0.25) is 0 Å². The highest BCUT2D eigenvalue weighted by atomic mass is 16.5. The summed E-state index contributed by atoms with van der Waals surface area (Å²) in [5, 5.41) is 38.9. The minimum absolute atomic E-state index is 0.0312. The second-order valence-corrected chi connectivity index (χ2v) is 8.16. The van der Waals surface area contributed by atoms with Gasteiger partial charge in [-0.25, -0.2) is 0 Å². The van der Waals surface area contributed by atoms with E-state index in [4.69, 9.17) is 9.84 Å². The summed E-state index contributed by atoms with van der Waals surface area (Å²) in [5.41, 5.74) is 0.515. The second kappa shape index (κ2) is 10.6. The van der Waals surface area contributed by atoms with E-state index in [1.165, 1.54) is 0 Å². The minimum Gasteiger partial charge on any atom is -0.493 e. The molecule has 0 amide bonds. The molecule has 1 saturated heterocycles. The zero-order chi connectivity index (χ0) is 20.7. The van der Waals surface area contributed by atoms with Crippen molar-refractivity contribution < 1.29 is 24.9 Å². The number of nitriles is 1. The van der Waals surface area contributed by atoms with E-state index < -0.39 is 18.2 Å². The van der Waals surface area contributed by atoms with Gasteiger partial charge < -0.3 is 20.1 Å². The van der Waals surface area contributed by atoms with Crippen molar-refractivity contribution in [3.63, 3.8) is 0 Å². The maximum atomic E-state index is 10.7. The van der Waals surface area contributed by atoms with Crippen LogP contribution in [0.5, 0.6) is 0 Å². The number of aliphatic carboxylic acids is 1. The normalized spacial score (nSPS) is 30.5. The van der Waals surface area contributed by atoms with Gasteiger partial charge in [0.15, 0.2) is 0 Å². The average Bonchev–Trinajstić information content (AvgIpc) is 3.18.